The Labute approximate surface area is 118 Å². The number of anilines is 1. The Hall–Kier alpha value is -0.210. The van der Waals surface area contributed by atoms with E-state index in [9.17, 15) is 0 Å². The summed E-state index contributed by atoms with van der Waals surface area (Å²) in [5.41, 5.74) is 2.58. The zero-order valence-corrected chi connectivity index (χ0v) is 13.4. The molecule has 1 aromatic rings. The molecule has 1 nitrogen and oxygen atoms in total. The van der Waals surface area contributed by atoms with E-state index in [4.69, 9.17) is 11.6 Å². The lowest BCUT2D eigenvalue weighted by Crippen LogP contribution is -2.09. The Morgan fingerprint density at radius 2 is 1.94 bits per heavy atom. The SMILES string of the molecule is Cc1cc(Br)c(NCCCC(C)(C)C)cc1Cl. The predicted molar refractivity (Wildman–Crippen MR) is 81.1 cm³/mol. The summed E-state index contributed by atoms with van der Waals surface area (Å²) in [4.78, 5) is 0. The highest BCUT2D eigenvalue weighted by Crippen LogP contribution is 2.29. The summed E-state index contributed by atoms with van der Waals surface area (Å²) >= 11 is 9.66. The van der Waals surface area contributed by atoms with Crippen molar-refractivity contribution in [2.75, 3.05) is 11.9 Å². The van der Waals surface area contributed by atoms with Gasteiger partial charge in [0, 0.05) is 21.7 Å². The van der Waals surface area contributed by atoms with Crippen LogP contribution in [0.4, 0.5) is 5.69 Å². The smallest absolute Gasteiger partial charge is 0.0499 e. The second kappa shape index (κ2) is 6.10. The van der Waals surface area contributed by atoms with E-state index in [1.54, 1.807) is 0 Å². The predicted octanol–water partition coefficient (Wildman–Crippen LogP) is 5.65. The molecular formula is C14H21BrClN. The first kappa shape index (κ1) is 14.8. The van der Waals surface area contributed by atoms with Crippen molar-refractivity contribution in [1.29, 1.82) is 0 Å². The number of hydrogen-bond acceptors (Lipinski definition) is 1. The van der Waals surface area contributed by atoms with E-state index in [0.717, 1.165) is 27.3 Å². The maximum absolute atomic E-state index is 6.11. The van der Waals surface area contributed by atoms with Crippen molar-refractivity contribution in [2.45, 2.75) is 40.5 Å². The number of benzene rings is 1. The van der Waals surface area contributed by atoms with Crippen LogP contribution in [0.5, 0.6) is 0 Å². The average Bonchev–Trinajstić information content (AvgIpc) is 2.18. The highest BCUT2D eigenvalue weighted by Gasteiger charge is 2.09. The molecule has 1 aromatic carbocycles. The molecule has 0 aromatic heterocycles. The van der Waals surface area contributed by atoms with Crippen LogP contribution in [0, 0.1) is 12.3 Å². The minimum atomic E-state index is 0.407. The van der Waals surface area contributed by atoms with E-state index in [2.05, 4.69) is 48.1 Å². The molecule has 0 fully saturated rings. The maximum atomic E-state index is 6.11. The van der Waals surface area contributed by atoms with Crippen LogP contribution in [-0.4, -0.2) is 6.54 Å². The van der Waals surface area contributed by atoms with Gasteiger partial charge in [0.1, 0.15) is 0 Å². The topological polar surface area (TPSA) is 12.0 Å². The fourth-order valence-electron chi connectivity index (χ4n) is 1.62. The fraction of sp³-hybridized carbons (Fsp3) is 0.571. The third-order valence-corrected chi connectivity index (χ3v) is 3.73. The molecule has 3 heteroatoms. The minimum Gasteiger partial charge on any atom is -0.384 e. The summed E-state index contributed by atoms with van der Waals surface area (Å²) in [6.07, 6.45) is 2.39. The molecule has 1 N–H and O–H groups in total. The zero-order chi connectivity index (χ0) is 13.1. The Kier molecular flexibility index (Phi) is 5.33. The molecular weight excluding hydrogens is 298 g/mol. The van der Waals surface area contributed by atoms with Crippen molar-refractivity contribution in [1.82, 2.24) is 0 Å². The third kappa shape index (κ3) is 5.31. The third-order valence-electron chi connectivity index (χ3n) is 2.67. The number of hydrogen-bond donors (Lipinski definition) is 1. The second-order valence-corrected chi connectivity index (χ2v) is 6.93. The van der Waals surface area contributed by atoms with Gasteiger partial charge in [-0.3, -0.25) is 0 Å². The normalized spacial score (nSPS) is 11.6. The Bertz CT molecular complexity index is 383. The van der Waals surface area contributed by atoms with E-state index in [1.165, 1.54) is 12.8 Å². The lowest BCUT2D eigenvalue weighted by Gasteiger charge is -2.18. The van der Waals surface area contributed by atoms with Gasteiger partial charge in [0.15, 0.2) is 0 Å². The Balaban J connectivity index is 2.50. The van der Waals surface area contributed by atoms with Gasteiger partial charge in [-0.25, -0.2) is 0 Å². The molecule has 0 amide bonds. The van der Waals surface area contributed by atoms with Gasteiger partial charge in [-0.1, -0.05) is 32.4 Å². The van der Waals surface area contributed by atoms with Gasteiger partial charge < -0.3 is 5.32 Å². The Morgan fingerprint density at radius 3 is 2.53 bits per heavy atom. The van der Waals surface area contributed by atoms with Crippen molar-refractivity contribution in [3.63, 3.8) is 0 Å². The monoisotopic (exact) mass is 317 g/mol. The lowest BCUT2D eigenvalue weighted by atomic mass is 9.91. The van der Waals surface area contributed by atoms with Crippen molar-refractivity contribution >= 4 is 33.2 Å². The number of aryl methyl sites for hydroxylation is 1. The van der Waals surface area contributed by atoms with Crippen molar-refractivity contribution in [2.24, 2.45) is 5.41 Å². The van der Waals surface area contributed by atoms with Crippen LogP contribution in [0.25, 0.3) is 0 Å². The van der Waals surface area contributed by atoms with Crippen molar-refractivity contribution < 1.29 is 0 Å². The van der Waals surface area contributed by atoms with Crippen LogP contribution < -0.4 is 5.32 Å². The molecule has 0 atom stereocenters. The molecule has 0 spiro atoms. The average molecular weight is 319 g/mol. The van der Waals surface area contributed by atoms with Crippen LogP contribution in [-0.2, 0) is 0 Å². The van der Waals surface area contributed by atoms with Crippen LogP contribution in [0.15, 0.2) is 16.6 Å². The molecule has 0 unspecified atom stereocenters. The number of rotatable bonds is 4. The minimum absolute atomic E-state index is 0.407. The largest absolute Gasteiger partial charge is 0.384 e. The van der Waals surface area contributed by atoms with Gasteiger partial charge in [-0.2, -0.15) is 0 Å². The molecule has 0 aliphatic carbocycles. The van der Waals surface area contributed by atoms with Crippen LogP contribution in [0.2, 0.25) is 5.02 Å². The zero-order valence-electron chi connectivity index (χ0n) is 11.0. The standard InChI is InChI=1S/C14H21BrClN/c1-10-8-11(15)13(9-12(10)16)17-7-5-6-14(2,3)4/h8-9,17H,5-7H2,1-4H3. The summed E-state index contributed by atoms with van der Waals surface area (Å²) < 4.78 is 1.08. The molecule has 0 aliphatic rings. The molecule has 1 rings (SSSR count). The maximum Gasteiger partial charge on any atom is 0.0499 e. The van der Waals surface area contributed by atoms with Gasteiger partial charge in [0.25, 0.3) is 0 Å². The van der Waals surface area contributed by atoms with Crippen LogP contribution >= 0.6 is 27.5 Å². The van der Waals surface area contributed by atoms with Crippen molar-refractivity contribution in [3.05, 3.63) is 27.2 Å². The lowest BCUT2D eigenvalue weighted by molar-refractivity contribution is 0.370. The second-order valence-electron chi connectivity index (χ2n) is 5.67. The summed E-state index contributed by atoms with van der Waals surface area (Å²) in [7, 11) is 0. The summed E-state index contributed by atoms with van der Waals surface area (Å²) in [6, 6.07) is 4.03. The van der Waals surface area contributed by atoms with Gasteiger partial charge in [0.2, 0.25) is 0 Å². The van der Waals surface area contributed by atoms with E-state index in [0.29, 0.717) is 5.41 Å². The van der Waals surface area contributed by atoms with E-state index >= 15 is 0 Å². The molecule has 0 saturated carbocycles. The summed E-state index contributed by atoms with van der Waals surface area (Å²) in [6.45, 7) is 9.80. The van der Waals surface area contributed by atoms with Crippen LogP contribution in [0.3, 0.4) is 0 Å². The van der Waals surface area contributed by atoms with E-state index < -0.39 is 0 Å². The summed E-state index contributed by atoms with van der Waals surface area (Å²) in [5, 5.41) is 4.23. The Morgan fingerprint density at radius 1 is 1.29 bits per heavy atom. The number of nitrogens with one attached hydrogen (secondary N) is 1. The highest BCUT2D eigenvalue weighted by atomic mass is 79.9. The molecule has 0 saturated heterocycles. The van der Waals surface area contributed by atoms with Gasteiger partial charge in [0.05, 0.1) is 0 Å². The van der Waals surface area contributed by atoms with Gasteiger partial charge >= 0.3 is 0 Å². The molecule has 96 valence electrons. The molecule has 0 bridgehead atoms. The first-order chi connectivity index (χ1) is 7.79. The quantitative estimate of drug-likeness (QED) is 0.707. The fourth-order valence-corrected chi connectivity index (χ4v) is 2.39. The van der Waals surface area contributed by atoms with E-state index in [-0.39, 0.29) is 0 Å². The first-order valence-electron chi connectivity index (χ1n) is 5.99. The number of halogens is 2. The van der Waals surface area contributed by atoms with Gasteiger partial charge in [-0.05, 0) is 58.8 Å². The summed E-state index contributed by atoms with van der Waals surface area (Å²) in [5.74, 6) is 0. The molecule has 17 heavy (non-hydrogen) atoms. The van der Waals surface area contributed by atoms with Crippen molar-refractivity contribution in [3.8, 4) is 0 Å². The molecule has 0 radical (unpaired) electrons. The highest BCUT2D eigenvalue weighted by molar-refractivity contribution is 9.10. The first-order valence-corrected chi connectivity index (χ1v) is 7.16. The van der Waals surface area contributed by atoms with Gasteiger partial charge in [-0.15, -0.1) is 0 Å². The van der Waals surface area contributed by atoms with Crippen LogP contribution in [0.1, 0.15) is 39.2 Å². The van der Waals surface area contributed by atoms with E-state index in [1.807, 2.05) is 13.0 Å². The molecule has 0 heterocycles. The molecule has 0 aliphatic heterocycles.